The zero-order valence-corrected chi connectivity index (χ0v) is 12.5. The molecule has 0 atom stereocenters. The average molecular weight is 314 g/mol. The molecule has 98 valence electrons. The number of halogens is 3. The third-order valence-corrected chi connectivity index (χ3v) is 4.44. The highest BCUT2D eigenvalue weighted by Gasteiger charge is 2.28. The van der Waals surface area contributed by atoms with E-state index in [0.717, 1.165) is 35.5 Å². The summed E-state index contributed by atoms with van der Waals surface area (Å²) in [5.74, 6) is 1.25. The van der Waals surface area contributed by atoms with Gasteiger partial charge in [-0.1, -0.05) is 46.9 Å². The number of nitrogens with zero attached hydrogens (tertiary/aromatic N) is 2. The van der Waals surface area contributed by atoms with Crippen LogP contribution in [0, 0.1) is 6.92 Å². The molecule has 5 heteroatoms. The molecule has 1 aliphatic rings. The Labute approximate surface area is 126 Å². The maximum Gasteiger partial charge on any atom is 0.136 e. The molecule has 0 bridgehead atoms. The quantitative estimate of drug-likeness (QED) is 0.704. The Morgan fingerprint density at radius 3 is 2.53 bits per heavy atom. The van der Waals surface area contributed by atoms with E-state index in [4.69, 9.17) is 34.8 Å². The Hall–Kier alpha value is -0.830. The first kappa shape index (κ1) is 13.2. The Balaban J connectivity index is 2.20. The second-order valence-electron chi connectivity index (χ2n) is 4.72. The topological polar surface area (TPSA) is 25.8 Å². The molecule has 0 aliphatic heterocycles. The minimum Gasteiger partial charge on any atom is -0.232 e. The lowest BCUT2D eigenvalue weighted by Crippen LogP contribution is -2.00. The molecule has 0 amide bonds. The number of rotatable bonds is 2. The van der Waals surface area contributed by atoms with Crippen LogP contribution in [0.3, 0.4) is 0 Å². The van der Waals surface area contributed by atoms with Crippen LogP contribution in [0.25, 0.3) is 11.3 Å². The van der Waals surface area contributed by atoms with Crippen LogP contribution in [0.5, 0.6) is 0 Å². The molecule has 1 heterocycles. The van der Waals surface area contributed by atoms with Crippen molar-refractivity contribution in [2.75, 3.05) is 0 Å². The SMILES string of the molecule is Cc1c(Cl)nc(C2CC2)nc1-c1cccc(Cl)c1Cl. The zero-order chi connectivity index (χ0) is 13.6. The van der Waals surface area contributed by atoms with Crippen molar-refractivity contribution in [3.05, 3.63) is 44.8 Å². The van der Waals surface area contributed by atoms with Crippen LogP contribution < -0.4 is 0 Å². The molecule has 0 radical (unpaired) electrons. The van der Waals surface area contributed by atoms with E-state index < -0.39 is 0 Å². The monoisotopic (exact) mass is 312 g/mol. The lowest BCUT2D eigenvalue weighted by atomic mass is 10.1. The summed E-state index contributed by atoms with van der Waals surface area (Å²) in [6.07, 6.45) is 2.25. The van der Waals surface area contributed by atoms with E-state index in [1.54, 1.807) is 6.07 Å². The van der Waals surface area contributed by atoms with Crippen molar-refractivity contribution in [1.82, 2.24) is 9.97 Å². The molecule has 0 unspecified atom stereocenters. The maximum atomic E-state index is 6.26. The van der Waals surface area contributed by atoms with Crippen LogP contribution >= 0.6 is 34.8 Å². The summed E-state index contributed by atoms with van der Waals surface area (Å²) in [5.41, 5.74) is 2.41. The molecule has 0 N–H and O–H groups in total. The minimum absolute atomic E-state index is 0.440. The van der Waals surface area contributed by atoms with Crippen LogP contribution in [0.1, 0.15) is 30.1 Å². The predicted molar refractivity (Wildman–Crippen MR) is 79.2 cm³/mol. The number of benzene rings is 1. The van der Waals surface area contributed by atoms with Crippen molar-refractivity contribution in [2.24, 2.45) is 0 Å². The first-order valence-corrected chi connectivity index (χ1v) is 7.19. The molecule has 1 saturated carbocycles. The Morgan fingerprint density at radius 2 is 1.84 bits per heavy atom. The van der Waals surface area contributed by atoms with Crippen molar-refractivity contribution >= 4 is 34.8 Å². The van der Waals surface area contributed by atoms with Gasteiger partial charge in [-0.25, -0.2) is 9.97 Å². The summed E-state index contributed by atoms with van der Waals surface area (Å²) >= 11 is 18.5. The average Bonchev–Trinajstić information content (AvgIpc) is 3.20. The van der Waals surface area contributed by atoms with Gasteiger partial charge in [-0.3, -0.25) is 0 Å². The molecule has 1 aromatic carbocycles. The summed E-state index contributed by atoms with van der Waals surface area (Å²) in [6.45, 7) is 1.89. The van der Waals surface area contributed by atoms with Gasteiger partial charge in [0.2, 0.25) is 0 Å². The lowest BCUT2D eigenvalue weighted by Gasteiger charge is -2.11. The molecule has 0 spiro atoms. The van der Waals surface area contributed by atoms with Gasteiger partial charge < -0.3 is 0 Å². The Bertz CT molecular complexity index is 651. The van der Waals surface area contributed by atoms with Gasteiger partial charge in [0.05, 0.1) is 15.7 Å². The fraction of sp³-hybridized carbons (Fsp3) is 0.286. The van der Waals surface area contributed by atoms with Gasteiger partial charge in [-0.05, 0) is 25.8 Å². The standard InChI is InChI=1S/C14H11Cl3N2/c1-7-12(9-3-2-4-10(15)11(9)16)18-14(8-5-6-8)19-13(7)17/h2-4,8H,5-6H2,1H3. The molecule has 3 rings (SSSR count). The van der Waals surface area contributed by atoms with Crippen molar-refractivity contribution < 1.29 is 0 Å². The first-order valence-electron chi connectivity index (χ1n) is 6.06. The highest BCUT2D eigenvalue weighted by atomic mass is 35.5. The lowest BCUT2D eigenvalue weighted by molar-refractivity contribution is 0.922. The van der Waals surface area contributed by atoms with E-state index in [9.17, 15) is 0 Å². The minimum atomic E-state index is 0.440. The molecule has 1 fully saturated rings. The number of aromatic nitrogens is 2. The smallest absolute Gasteiger partial charge is 0.136 e. The highest BCUT2D eigenvalue weighted by molar-refractivity contribution is 6.43. The van der Waals surface area contributed by atoms with Crippen LogP contribution in [0.4, 0.5) is 0 Å². The molecule has 1 aromatic heterocycles. The molecule has 19 heavy (non-hydrogen) atoms. The van der Waals surface area contributed by atoms with E-state index in [2.05, 4.69) is 9.97 Å². The van der Waals surface area contributed by atoms with Crippen LogP contribution in [0.15, 0.2) is 18.2 Å². The summed E-state index contributed by atoms with van der Waals surface area (Å²) in [5, 5.41) is 1.51. The number of hydrogen-bond donors (Lipinski definition) is 0. The Morgan fingerprint density at radius 1 is 1.11 bits per heavy atom. The maximum absolute atomic E-state index is 6.26. The van der Waals surface area contributed by atoms with Gasteiger partial charge in [0.25, 0.3) is 0 Å². The van der Waals surface area contributed by atoms with Gasteiger partial charge in [-0.2, -0.15) is 0 Å². The molecular formula is C14H11Cl3N2. The second-order valence-corrected chi connectivity index (χ2v) is 5.87. The summed E-state index contributed by atoms with van der Waals surface area (Å²) < 4.78 is 0. The predicted octanol–water partition coefficient (Wildman–Crippen LogP) is 5.29. The molecule has 1 aliphatic carbocycles. The van der Waals surface area contributed by atoms with Crippen LogP contribution in [-0.2, 0) is 0 Å². The molecule has 2 nitrogen and oxygen atoms in total. The fourth-order valence-corrected chi connectivity index (χ4v) is 2.54. The first-order chi connectivity index (χ1) is 9.08. The van der Waals surface area contributed by atoms with Gasteiger partial charge in [0.1, 0.15) is 11.0 Å². The fourth-order valence-electron chi connectivity index (χ4n) is 1.98. The van der Waals surface area contributed by atoms with Gasteiger partial charge in [0.15, 0.2) is 0 Å². The third kappa shape index (κ3) is 2.45. The van der Waals surface area contributed by atoms with E-state index in [1.807, 2.05) is 19.1 Å². The van der Waals surface area contributed by atoms with E-state index in [0.29, 0.717) is 21.1 Å². The van der Waals surface area contributed by atoms with Gasteiger partial charge >= 0.3 is 0 Å². The van der Waals surface area contributed by atoms with Gasteiger partial charge in [0, 0.05) is 17.0 Å². The zero-order valence-electron chi connectivity index (χ0n) is 10.3. The second kappa shape index (κ2) is 4.93. The van der Waals surface area contributed by atoms with E-state index >= 15 is 0 Å². The number of hydrogen-bond acceptors (Lipinski definition) is 2. The van der Waals surface area contributed by atoms with Crippen molar-refractivity contribution in [2.45, 2.75) is 25.7 Å². The van der Waals surface area contributed by atoms with Crippen molar-refractivity contribution in [1.29, 1.82) is 0 Å². The largest absolute Gasteiger partial charge is 0.232 e. The van der Waals surface area contributed by atoms with E-state index in [-0.39, 0.29) is 0 Å². The normalized spacial score (nSPS) is 14.7. The summed E-state index contributed by atoms with van der Waals surface area (Å²) in [6, 6.07) is 5.51. The molecule has 0 saturated heterocycles. The van der Waals surface area contributed by atoms with E-state index in [1.165, 1.54) is 0 Å². The molecule has 2 aromatic rings. The van der Waals surface area contributed by atoms with Gasteiger partial charge in [-0.15, -0.1) is 0 Å². The van der Waals surface area contributed by atoms with Crippen molar-refractivity contribution in [3.63, 3.8) is 0 Å². The Kier molecular flexibility index (Phi) is 3.42. The van der Waals surface area contributed by atoms with Crippen LogP contribution in [0.2, 0.25) is 15.2 Å². The summed E-state index contributed by atoms with van der Waals surface area (Å²) in [4.78, 5) is 8.98. The third-order valence-electron chi connectivity index (χ3n) is 3.25. The van der Waals surface area contributed by atoms with Crippen LogP contribution in [-0.4, -0.2) is 9.97 Å². The highest BCUT2D eigenvalue weighted by Crippen LogP contribution is 2.41. The summed E-state index contributed by atoms with van der Waals surface area (Å²) in [7, 11) is 0. The van der Waals surface area contributed by atoms with Crippen molar-refractivity contribution in [3.8, 4) is 11.3 Å². The molecular weight excluding hydrogens is 303 g/mol.